The lowest BCUT2D eigenvalue weighted by atomic mass is 9.98. The van der Waals surface area contributed by atoms with Crippen LogP contribution in [0.5, 0.6) is 0 Å². The van der Waals surface area contributed by atoms with Gasteiger partial charge in [-0.2, -0.15) is 13.2 Å². The molecule has 0 aromatic rings. The van der Waals surface area contributed by atoms with E-state index < -0.39 is 6.18 Å². The summed E-state index contributed by atoms with van der Waals surface area (Å²) in [4.78, 5) is 0. The molecule has 0 aliphatic heterocycles. The smallest absolute Gasteiger partial charge is 0.166 e. The normalized spacial score (nSPS) is 18.2. The molecule has 0 saturated carbocycles. The molecule has 0 spiro atoms. The summed E-state index contributed by atoms with van der Waals surface area (Å²) < 4.78 is 37.6. The molecule has 0 heterocycles. The summed E-state index contributed by atoms with van der Waals surface area (Å²) >= 11 is 2.17. The van der Waals surface area contributed by atoms with Crippen LogP contribution < -0.4 is 0 Å². The van der Waals surface area contributed by atoms with Crippen LogP contribution in [0, 0.1) is 0 Å². The Balaban J connectivity index is 2.73. The summed E-state index contributed by atoms with van der Waals surface area (Å²) in [6, 6.07) is 0. The van der Waals surface area contributed by atoms with Crippen molar-refractivity contribution < 1.29 is 13.2 Å². The van der Waals surface area contributed by atoms with Gasteiger partial charge in [-0.3, -0.25) is 0 Å². The third-order valence-electron chi connectivity index (χ3n) is 1.93. The standard InChI is InChI=1S/C9H10F3I/c10-9(11,12)8-3-1-2-7(6-8)4-5-13/h2,6H,1,3-5H2. The number of allylic oxidation sites excluding steroid dienone is 4. The van der Waals surface area contributed by atoms with Crippen LogP contribution in [-0.4, -0.2) is 10.6 Å². The number of hydrogen-bond acceptors (Lipinski definition) is 0. The molecule has 4 heteroatoms. The fraction of sp³-hybridized carbons (Fsp3) is 0.556. The predicted octanol–water partition coefficient (Wildman–Crippen LogP) is 4.02. The van der Waals surface area contributed by atoms with Crippen molar-refractivity contribution in [3.05, 3.63) is 23.3 Å². The first kappa shape index (κ1) is 11.1. The average molecular weight is 302 g/mol. The minimum Gasteiger partial charge on any atom is -0.166 e. The summed E-state index contributed by atoms with van der Waals surface area (Å²) in [5.41, 5.74) is 0.447. The maximum atomic E-state index is 12.3. The van der Waals surface area contributed by atoms with Gasteiger partial charge in [-0.25, -0.2) is 0 Å². The van der Waals surface area contributed by atoms with E-state index in [0.717, 1.165) is 16.4 Å². The van der Waals surface area contributed by atoms with Crippen molar-refractivity contribution in [3.8, 4) is 0 Å². The van der Waals surface area contributed by atoms with Gasteiger partial charge in [0.05, 0.1) is 0 Å². The maximum Gasteiger partial charge on any atom is 0.412 e. The highest BCUT2D eigenvalue weighted by Crippen LogP contribution is 2.33. The van der Waals surface area contributed by atoms with Gasteiger partial charge in [0.1, 0.15) is 0 Å². The molecular formula is C9H10F3I. The van der Waals surface area contributed by atoms with Crippen LogP contribution in [0.15, 0.2) is 23.3 Å². The van der Waals surface area contributed by atoms with Crippen LogP contribution in [0.4, 0.5) is 13.2 Å². The summed E-state index contributed by atoms with van der Waals surface area (Å²) in [7, 11) is 0. The molecule has 0 aromatic carbocycles. The quantitative estimate of drug-likeness (QED) is 0.534. The average Bonchev–Trinajstić information content (AvgIpc) is 2.04. The first-order valence-corrected chi connectivity index (χ1v) is 5.59. The molecular weight excluding hydrogens is 292 g/mol. The fourth-order valence-electron chi connectivity index (χ4n) is 1.27. The van der Waals surface area contributed by atoms with E-state index in [1.165, 1.54) is 6.08 Å². The first-order valence-electron chi connectivity index (χ1n) is 4.07. The highest BCUT2D eigenvalue weighted by atomic mass is 127. The molecule has 0 saturated heterocycles. The van der Waals surface area contributed by atoms with Gasteiger partial charge < -0.3 is 0 Å². The van der Waals surface area contributed by atoms with Crippen molar-refractivity contribution in [2.45, 2.75) is 25.4 Å². The zero-order valence-corrected chi connectivity index (χ0v) is 9.15. The Kier molecular flexibility index (Phi) is 3.82. The van der Waals surface area contributed by atoms with E-state index in [4.69, 9.17) is 0 Å². The van der Waals surface area contributed by atoms with Crippen LogP contribution in [-0.2, 0) is 0 Å². The molecule has 13 heavy (non-hydrogen) atoms. The second-order valence-corrected chi connectivity index (χ2v) is 4.00. The van der Waals surface area contributed by atoms with Gasteiger partial charge in [0.25, 0.3) is 0 Å². The molecule has 1 aliphatic carbocycles. The van der Waals surface area contributed by atoms with E-state index >= 15 is 0 Å². The van der Waals surface area contributed by atoms with Crippen LogP contribution in [0.25, 0.3) is 0 Å². The lowest BCUT2D eigenvalue weighted by Crippen LogP contribution is -2.13. The summed E-state index contributed by atoms with van der Waals surface area (Å²) in [6.07, 6.45) is 0.451. The van der Waals surface area contributed by atoms with Crippen LogP contribution >= 0.6 is 22.6 Å². The Morgan fingerprint density at radius 2 is 2.08 bits per heavy atom. The minimum atomic E-state index is -4.13. The lowest BCUT2D eigenvalue weighted by Gasteiger charge is -2.15. The molecule has 1 rings (SSSR count). The molecule has 0 unspecified atom stereocenters. The molecule has 0 amide bonds. The molecule has 0 atom stereocenters. The number of hydrogen-bond donors (Lipinski definition) is 0. The Morgan fingerprint density at radius 3 is 2.62 bits per heavy atom. The van der Waals surface area contributed by atoms with E-state index in [-0.39, 0.29) is 12.0 Å². The van der Waals surface area contributed by atoms with E-state index in [9.17, 15) is 13.2 Å². The van der Waals surface area contributed by atoms with Gasteiger partial charge in [-0.05, 0) is 19.3 Å². The number of rotatable bonds is 2. The van der Waals surface area contributed by atoms with E-state index in [0.29, 0.717) is 6.42 Å². The summed E-state index contributed by atoms with van der Waals surface area (Å²) in [6.45, 7) is 0. The largest absolute Gasteiger partial charge is 0.412 e. The second kappa shape index (κ2) is 4.48. The Bertz CT molecular complexity index is 238. The molecule has 0 bridgehead atoms. The molecule has 1 aliphatic rings. The van der Waals surface area contributed by atoms with Crippen LogP contribution in [0.2, 0.25) is 0 Å². The Labute approximate surface area is 89.0 Å². The minimum absolute atomic E-state index is 0.133. The van der Waals surface area contributed by atoms with Crippen LogP contribution in [0.3, 0.4) is 0 Å². The molecule has 74 valence electrons. The summed E-state index contributed by atoms with van der Waals surface area (Å²) in [5, 5.41) is 0. The molecule has 0 nitrogen and oxygen atoms in total. The van der Waals surface area contributed by atoms with E-state index in [2.05, 4.69) is 22.6 Å². The van der Waals surface area contributed by atoms with Crippen molar-refractivity contribution in [1.82, 2.24) is 0 Å². The van der Waals surface area contributed by atoms with E-state index in [1.807, 2.05) is 6.08 Å². The molecule has 0 fully saturated rings. The second-order valence-electron chi connectivity index (χ2n) is 2.92. The highest BCUT2D eigenvalue weighted by molar-refractivity contribution is 14.1. The van der Waals surface area contributed by atoms with Crippen molar-refractivity contribution in [2.75, 3.05) is 4.43 Å². The zero-order chi connectivity index (χ0) is 9.90. The van der Waals surface area contributed by atoms with Crippen molar-refractivity contribution in [1.29, 1.82) is 0 Å². The highest BCUT2D eigenvalue weighted by Gasteiger charge is 2.33. The van der Waals surface area contributed by atoms with Gasteiger partial charge >= 0.3 is 6.18 Å². The van der Waals surface area contributed by atoms with Crippen molar-refractivity contribution >= 4 is 22.6 Å². The third-order valence-corrected chi connectivity index (χ3v) is 2.47. The number of halogens is 4. The Morgan fingerprint density at radius 1 is 1.38 bits per heavy atom. The number of alkyl halides is 4. The van der Waals surface area contributed by atoms with Gasteiger partial charge in [0, 0.05) is 10.0 Å². The predicted molar refractivity (Wildman–Crippen MR) is 55.0 cm³/mol. The van der Waals surface area contributed by atoms with Gasteiger partial charge in [0.2, 0.25) is 0 Å². The topological polar surface area (TPSA) is 0 Å². The fourth-order valence-corrected chi connectivity index (χ4v) is 1.90. The van der Waals surface area contributed by atoms with Gasteiger partial charge in [-0.15, -0.1) is 0 Å². The lowest BCUT2D eigenvalue weighted by molar-refractivity contribution is -0.0941. The van der Waals surface area contributed by atoms with Crippen molar-refractivity contribution in [2.24, 2.45) is 0 Å². The SMILES string of the molecule is FC(F)(F)C1=CC(CCI)=CCC1. The van der Waals surface area contributed by atoms with Gasteiger partial charge in [0.15, 0.2) is 0 Å². The van der Waals surface area contributed by atoms with Crippen LogP contribution in [0.1, 0.15) is 19.3 Å². The zero-order valence-electron chi connectivity index (χ0n) is 6.99. The maximum absolute atomic E-state index is 12.3. The monoisotopic (exact) mass is 302 g/mol. The first-order chi connectivity index (χ1) is 6.04. The third kappa shape index (κ3) is 3.32. The molecule has 0 radical (unpaired) electrons. The van der Waals surface area contributed by atoms with Gasteiger partial charge in [-0.1, -0.05) is 40.3 Å². The Hall–Kier alpha value is -0.000000000000000111. The molecule has 0 N–H and O–H groups in total. The van der Waals surface area contributed by atoms with E-state index in [1.54, 1.807) is 0 Å². The molecule has 0 aromatic heterocycles. The van der Waals surface area contributed by atoms with Crippen molar-refractivity contribution in [3.63, 3.8) is 0 Å². The summed E-state index contributed by atoms with van der Waals surface area (Å²) in [5.74, 6) is 0.